The van der Waals surface area contributed by atoms with E-state index in [2.05, 4.69) is 51.0 Å². The van der Waals surface area contributed by atoms with Crippen LogP contribution in [0.5, 0.6) is 0 Å². The summed E-state index contributed by atoms with van der Waals surface area (Å²) >= 11 is 0. The fraction of sp³-hybridized carbons (Fsp3) is 0.667. The molecule has 0 aliphatic rings. The summed E-state index contributed by atoms with van der Waals surface area (Å²) in [6, 6.07) is 2.63. The van der Waals surface area contributed by atoms with Gasteiger partial charge in [-0.1, -0.05) is 26.8 Å². The van der Waals surface area contributed by atoms with Crippen LogP contribution in [0.2, 0.25) is 0 Å². The summed E-state index contributed by atoms with van der Waals surface area (Å²) in [4.78, 5) is 4.61. The minimum atomic E-state index is 0.406. The zero-order valence-electron chi connectivity index (χ0n) is 11.9. The zero-order valence-corrected chi connectivity index (χ0v) is 11.9. The molecule has 1 aromatic heterocycles. The van der Waals surface area contributed by atoms with E-state index in [4.69, 9.17) is 0 Å². The maximum Gasteiger partial charge on any atom is 0.0602 e. The molecule has 0 spiro atoms. The van der Waals surface area contributed by atoms with Crippen molar-refractivity contribution in [3.8, 4) is 0 Å². The van der Waals surface area contributed by atoms with E-state index in [1.807, 2.05) is 6.20 Å². The Kier molecular flexibility index (Phi) is 5.63. The van der Waals surface area contributed by atoms with Gasteiger partial charge >= 0.3 is 0 Å². The molecule has 0 aromatic carbocycles. The van der Waals surface area contributed by atoms with Crippen molar-refractivity contribution in [3.63, 3.8) is 0 Å². The standard InChI is InChI=1S/C15H26N2/c1-6-16-14(8-7-11(2)3)15-13(5)9-12(4)10-17-15/h9-11,14,16H,6-8H2,1-5H3. The average Bonchev–Trinajstić information content (AvgIpc) is 2.24. The molecule has 1 N–H and O–H groups in total. The third kappa shape index (κ3) is 4.47. The van der Waals surface area contributed by atoms with Crippen molar-refractivity contribution in [1.82, 2.24) is 10.3 Å². The Bertz CT molecular complexity index is 345. The second kappa shape index (κ2) is 6.75. The fourth-order valence-electron chi connectivity index (χ4n) is 2.17. The van der Waals surface area contributed by atoms with E-state index in [9.17, 15) is 0 Å². The molecule has 1 aromatic rings. The first-order valence-electron chi connectivity index (χ1n) is 6.71. The minimum Gasteiger partial charge on any atom is -0.309 e. The molecule has 1 unspecified atom stereocenters. The van der Waals surface area contributed by atoms with E-state index in [1.165, 1.54) is 29.7 Å². The normalized spacial score (nSPS) is 13.1. The number of aromatic nitrogens is 1. The average molecular weight is 234 g/mol. The monoisotopic (exact) mass is 234 g/mol. The van der Waals surface area contributed by atoms with Gasteiger partial charge in [0.2, 0.25) is 0 Å². The van der Waals surface area contributed by atoms with Crippen molar-refractivity contribution >= 4 is 0 Å². The van der Waals surface area contributed by atoms with Gasteiger partial charge in [-0.15, -0.1) is 0 Å². The highest BCUT2D eigenvalue weighted by molar-refractivity contribution is 5.25. The molecule has 2 heteroatoms. The van der Waals surface area contributed by atoms with E-state index in [-0.39, 0.29) is 0 Å². The van der Waals surface area contributed by atoms with E-state index >= 15 is 0 Å². The number of rotatable bonds is 6. The van der Waals surface area contributed by atoms with Crippen LogP contribution < -0.4 is 5.32 Å². The van der Waals surface area contributed by atoms with Crippen LogP contribution >= 0.6 is 0 Å². The third-order valence-corrected chi connectivity index (χ3v) is 3.07. The summed E-state index contributed by atoms with van der Waals surface area (Å²) in [5.74, 6) is 0.752. The number of pyridine rings is 1. The van der Waals surface area contributed by atoms with Crippen molar-refractivity contribution in [1.29, 1.82) is 0 Å². The Hall–Kier alpha value is -0.890. The fourth-order valence-corrected chi connectivity index (χ4v) is 2.17. The van der Waals surface area contributed by atoms with Crippen molar-refractivity contribution in [3.05, 3.63) is 29.1 Å². The van der Waals surface area contributed by atoms with Crippen LogP contribution in [0.1, 0.15) is 56.5 Å². The van der Waals surface area contributed by atoms with E-state index in [1.54, 1.807) is 0 Å². The molecular weight excluding hydrogens is 208 g/mol. The summed E-state index contributed by atoms with van der Waals surface area (Å²) in [7, 11) is 0. The lowest BCUT2D eigenvalue weighted by Gasteiger charge is -2.20. The molecule has 0 bridgehead atoms. The second-order valence-corrected chi connectivity index (χ2v) is 5.30. The molecule has 17 heavy (non-hydrogen) atoms. The second-order valence-electron chi connectivity index (χ2n) is 5.30. The number of aryl methyl sites for hydroxylation is 2. The maximum absolute atomic E-state index is 4.61. The van der Waals surface area contributed by atoms with Gasteiger partial charge in [0.1, 0.15) is 0 Å². The highest BCUT2D eigenvalue weighted by Gasteiger charge is 2.14. The smallest absolute Gasteiger partial charge is 0.0602 e. The molecule has 0 amide bonds. The molecule has 0 aliphatic heterocycles. The van der Waals surface area contributed by atoms with Crippen molar-refractivity contribution < 1.29 is 0 Å². The number of nitrogens with zero attached hydrogens (tertiary/aromatic N) is 1. The maximum atomic E-state index is 4.61. The quantitative estimate of drug-likeness (QED) is 0.810. The molecule has 1 rings (SSSR count). The van der Waals surface area contributed by atoms with Gasteiger partial charge in [0, 0.05) is 12.2 Å². The molecule has 0 saturated heterocycles. The number of hydrogen-bond donors (Lipinski definition) is 1. The van der Waals surface area contributed by atoms with Gasteiger partial charge in [0.25, 0.3) is 0 Å². The van der Waals surface area contributed by atoms with Crippen molar-refractivity contribution in [2.45, 2.75) is 53.5 Å². The molecule has 1 heterocycles. The predicted octanol–water partition coefficient (Wildman–Crippen LogP) is 3.79. The first kappa shape index (κ1) is 14.2. The SMILES string of the molecule is CCNC(CCC(C)C)c1ncc(C)cc1C. The Morgan fingerprint density at radius 3 is 2.47 bits per heavy atom. The van der Waals surface area contributed by atoms with E-state index in [0.29, 0.717) is 6.04 Å². The Balaban J connectivity index is 2.81. The van der Waals surface area contributed by atoms with Gasteiger partial charge in [0.15, 0.2) is 0 Å². The third-order valence-electron chi connectivity index (χ3n) is 3.07. The molecule has 0 aliphatic carbocycles. The Morgan fingerprint density at radius 2 is 1.94 bits per heavy atom. The lowest BCUT2D eigenvalue weighted by atomic mass is 9.98. The van der Waals surface area contributed by atoms with Gasteiger partial charge in [-0.2, -0.15) is 0 Å². The van der Waals surface area contributed by atoms with Gasteiger partial charge in [-0.05, 0) is 50.3 Å². The van der Waals surface area contributed by atoms with Crippen LogP contribution in [-0.4, -0.2) is 11.5 Å². The largest absolute Gasteiger partial charge is 0.309 e. The van der Waals surface area contributed by atoms with Gasteiger partial charge < -0.3 is 5.32 Å². The first-order chi connectivity index (χ1) is 8.04. The molecule has 1 atom stereocenters. The van der Waals surface area contributed by atoms with Crippen LogP contribution in [0.25, 0.3) is 0 Å². The molecule has 0 saturated carbocycles. The molecule has 0 radical (unpaired) electrons. The summed E-state index contributed by atoms with van der Waals surface area (Å²) in [5, 5.41) is 3.55. The summed E-state index contributed by atoms with van der Waals surface area (Å²) < 4.78 is 0. The predicted molar refractivity (Wildman–Crippen MR) is 74.2 cm³/mol. The van der Waals surface area contributed by atoms with Crippen LogP contribution in [0, 0.1) is 19.8 Å². The highest BCUT2D eigenvalue weighted by Crippen LogP contribution is 2.22. The van der Waals surface area contributed by atoms with Crippen LogP contribution in [-0.2, 0) is 0 Å². The van der Waals surface area contributed by atoms with E-state index in [0.717, 1.165) is 12.5 Å². The van der Waals surface area contributed by atoms with Crippen LogP contribution in [0.3, 0.4) is 0 Å². The molecular formula is C15H26N2. The molecule has 2 nitrogen and oxygen atoms in total. The van der Waals surface area contributed by atoms with Gasteiger partial charge in [-0.25, -0.2) is 0 Å². The summed E-state index contributed by atoms with van der Waals surface area (Å²) in [5.41, 5.74) is 3.77. The number of nitrogens with one attached hydrogen (secondary N) is 1. The number of hydrogen-bond acceptors (Lipinski definition) is 2. The highest BCUT2D eigenvalue weighted by atomic mass is 14.9. The Morgan fingerprint density at radius 1 is 1.24 bits per heavy atom. The topological polar surface area (TPSA) is 24.9 Å². The van der Waals surface area contributed by atoms with Crippen molar-refractivity contribution in [2.75, 3.05) is 6.54 Å². The van der Waals surface area contributed by atoms with Gasteiger partial charge in [-0.3, -0.25) is 4.98 Å². The van der Waals surface area contributed by atoms with Gasteiger partial charge in [0.05, 0.1) is 5.69 Å². The molecule has 0 fully saturated rings. The van der Waals surface area contributed by atoms with E-state index < -0.39 is 0 Å². The van der Waals surface area contributed by atoms with Crippen LogP contribution in [0.15, 0.2) is 12.3 Å². The lowest BCUT2D eigenvalue weighted by Crippen LogP contribution is -2.23. The summed E-state index contributed by atoms with van der Waals surface area (Å²) in [6.45, 7) is 12.0. The molecule has 96 valence electrons. The summed E-state index contributed by atoms with van der Waals surface area (Å²) in [6.07, 6.45) is 4.39. The first-order valence-corrected chi connectivity index (χ1v) is 6.71. The minimum absolute atomic E-state index is 0.406. The zero-order chi connectivity index (χ0) is 12.8. The van der Waals surface area contributed by atoms with Crippen molar-refractivity contribution in [2.24, 2.45) is 5.92 Å². The Labute approximate surface area is 106 Å². The lowest BCUT2D eigenvalue weighted by molar-refractivity contribution is 0.440. The van der Waals surface area contributed by atoms with Crippen LogP contribution in [0.4, 0.5) is 0 Å².